The molecule has 2 rings (SSSR count). The summed E-state index contributed by atoms with van der Waals surface area (Å²) in [5.41, 5.74) is 0. The van der Waals surface area contributed by atoms with E-state index in [0.29, 0.717) is 37.9 Å². The number of carbonyl (C=O) groups excluding carboxylic acids is 1. The van der Waals surface area contributed by atoms with E-state index >= 15 is 0 Å². The maximum absolute atomic E-state index is 14.8. The van der Waals surface area contributed by atoms with Crippen molar-refractivity contribution >= 4 is 5.97 Å². The standard InChI is InChI=1S/C20H33FO5.Na/c1-2-3-7-13(22)8-6-9-14-15(23)12-17-19(14)20(21)16(26-17)10-4-5-11-18(24)25;/h10,13-15,17,19-20,22-23H,2-9,11-12H2,1H3,(H,24,25);/q;+1/p-1/b16-10-;/t13?,14-,15+,17+,19+,20+;/m0./s1. The van der Waals surface area contributed by atoms with Gasteiger partial charge in [-0.1, -0.05) is 26.2 Å². The molecule has 0 aromatic heterocycles. The third-order valence-electron chi connectivity index (χ3n) is 5.69. The molecule has 1 aliphatic heterocycles. The zero-order valence-electron chi connectivity index (χ0n) is 16.6. The molecule has 150 valence electrons. The van der Waals surface area contributed by atoms with Crippen LogP contribution in [0.4, 0.5) is 4.39 Å². The number of hydrogen-bond donors (Lipinski definition) is 2. The molecule has 2 fully saturated rings. The average molecular weight is 394 g/mol. The maximum Gasteiger partial charge on any atom is 1.00 e. The van der Waals surface area contributed by atoms with Crippen molar-refractivity contribution in [3.05, 3.63) is 11.8 Å². The van der Waals surface area contributed by atoms with Gasteiger partial charge >= 0.3 is 29.6 Å². The van der Waals surface area contributed by atoms with E-state index in [1.807, 2.05) is 0 Å². The zero-order chi connectivity index (χ0) is 19.1. The van der Waals surface area contributed by atoms with Gasteiger partial charge in [0.15, 0.2) is 6.17 Å². The number of rotatable bonds is 11. The van der Waals surface area contributed by atoms with Crippen LogP contribution in [0, 0.1) is 11.8 Å². The Morgan fingerprint density at radius 2 is 2.07 bits per heavy atom. The van der Waals surface area contributed by atoms with E-state index in [-0.39, 0.29) is 60.0 Å². The summed E-state index contributed by atoms with van der Waals surface area (Å²) >= 11 is 0. The smallest absolute Gasteiger partial charge is 0.550 e. The van der Waals surface area contributed by atoms with Gasteiger partial charge in [-0.25, -0.2) is 4.39 Å². The molecule has 1 unspecified atom stereocenters. The average Bonchev–Trinajstić information content (AvgIpc) is 3.05. The molecule has 2 aliphatic rings. The Morgan fingerprint density at radius 1 is 1.37 bits per heavy atom. The van der Waals surface area contributed by atoms with Gasteiger partial charge in [-0.3, -0.25) is 0 Å². The molecular formula is C20H32FNaO5. The second-order valence-corrected chi connectivity index (χ2v) is 7.70. The Bertz CT molecular complexity index is 487. The molecule has 1 aliphatic carbocycles. The fourth-order valence-electron chi connectivity index (χ4n) is 4.27. The molecule has 0 radical (unpaired) electrons. The van der Waals surface area contributed by atoms with E-state index in [9.17, 15) is 24.5 Å². The molecule has 27 heavy (non-hydrogen) atoms. The number of aliphatic hydroxyl groups is 2. The first-order valence-corrected chi connectivity index (χ1v) is 10.0. The molecule has 1 saturated carbocycles. The summed E-state index contributed by atoms with van der Waals surface area (Å²) in [7, 11) is 0. The first kappa shape index (κ1) is 24.9. The van der Waals surface area contributed by atoms with Crippen LogP contribution in [-0.2, 0) is 9.53 Å². The second kappa shape index (κ2) is 12.4. The summed E-state index contributed by atoms with van der Waals surface area (Å²) in [6, 6.07) is 0. The monoisotopic (exact) mass is 394 g/mol. The van der Waals surface area contributed by atoms with Crippen molar-refractivity contribution in [2.75, 3.05) is 0 Å². The first-order chi connectivity index (χ1) is 12.4. The fourth-order valence-corrected chi connectivity index (χ4v) is 4.27. The minimum absolute atomic E-state index is 0. The molecule has 0 aromatic rings. The topological polar surface area (TPSA) is 89.8 Å². The summed E-state index contributed by atoms with van der Waals surface area (Å²) in [4.78, 5) is 10.4. The number of fused-ring (bicyclic) bond motifs is 1. The predicted molar refractivity (Wildman–Crippen MR) is 93.7 cm³/mol. The third kappa shape index (κ3) is 7.32. The maximum atomic E-state index is 14.8. The molecule has 7 heteroatoms. The van der Waals surface area contributed by atoms with Crippen molar-refractivity contribution in [1.29, 1.82) is 0 Å². The van der Waals surface area contributed by atoms with Crippen LogP contribution in [0.3, 0.4) is 0 Å². The van der Waals surface area contributed by atoms with Crippen molar-refractivity contribution in [3.8, 4) is 0 Å². The number of halogens is 1. The normalized spacial score (nSPS) is 32.0. The molecule has 1 heterocycles. The second-order valence-electron chi connectivity index (χ2n) is 7.70. The van der Waals surface area contributed by atoms with Crippen molar-refractivity contribution in [1.82, 2.24) is 0 Å². The number of aliphatic hydroxyl groups excluding tert-OH is 2. The van der Waals surface area contributed by atoms with Crippen LogP contribution in [0.15, 0.2) is 11.8 Å². The number of allylic oxidation sites excluding steroid dienone is 2. The Kier molecular flexibility index (Phi) is 11.5. The molecule has 6 atom stereocenters. The van der Waals surface area contributed by atoms with Crippen LogP contribution < -0.4 is 34.7 Å². The van der Waals surface area contributed by atoms with Gasteiger partial charge in [0.05, 0.1) is 12.2 Å². The van der Waals surface area contributed by atoms with Gasteiger partial charge in [-0.15, -0.1) is 0 Å². The van der Waals surface area contributed by atoms with Crippen molar-refractivity contribution in [2.45, 2.75) is 95.6 Å². The minimum atomic E-state index is -1.24. The molecule has 0 amide bonds. The quantitative estimate of drug-likeness (QED) is 0.356. The number of hydrogen-bond acceptors (Lipinski definition) is 5. The van der Waals surface area contributed by atoms with Gasteiger partial charge in [0.25, 0.3) is 0 Å². The van der Waals surface area contributed by atoms with Gasteiger partial charge in [0.2, 0.25) is 0 Å². The number of unbranched alkanes of at least 4 members (excludes halogenated alkanes) is 2. The number of carbonyl (C=O) groups is 1. The summed E-state index contributed by atoms with van der Waals surface area (Å²) in [6.45, 7) is 2.09. The van der Waals surface area contributed by atoms with Gasteiger partial charge in [0, 0.05) is 18.3 Å². The number of carboxylic acids is 1. The summed E-state index contributed by atoms with van der Waals surface area (Å²) < 4.78 is 20.5. The Balaban J connectivity index is 0.00000364. The van der Waals surface area contributed by atoms with E-state index in [1.54, 1.807) is 6.08 Å². The van der Waals surface area contributed by atoms with Crippen LogP contribution in [0.2, 0.25) is 0 Å². The molecule has 0 spiro atoms. The van der Waals surface area contributed by atoms with Crippen LogP contribution in [0.25, 0.3) is 0 Å². The van der Waals surface area contributed by atoms with Crippen molar-refractivity contribution in [3.63, 3.8) is 0 Å². The number of carboxylic acid groups (broad SMARTS) is 1. The molecule has 0 bridgehead atoms. The summed E-state index contributed by atoms with van der Waals surface area (Å²) in [5.74, 6) is -1.31. The predicted octanol–water partition coefficient (Wildman–Crippen LogP) is -0.750. The summed E-state index contributed by atoms with van der Waals surface area (Å²) in [5, 5.41) is 30.6. The van der Waals surface area contributed by atoms with Gasteiger partial charge in [-0.05, 0) is 50.5 Å². The Hall–Kier alpha value is -0.140. The minimum Gasteiger partial charge on any atom is -0.550 e. The number of aliphatic carboxylic acids is 1. The van der Waals surface area contributed by atoms with Crippen LogP contribution in [0.5, 0.6) is 0 Å². The zero-order valence-corrected chi connectivity index (χ0v) is 18.6. The first-order valence-electron chi connectivity index (χ1n) is 10.0. The van der Waals surface area contributed by atoms with E-state index in [4.69, 9.17) is 4.74 Å². The van der Waals surface area contributed by atoms with Crippen LogP contribution in [-0.4, -0.2) is 40.7 Å². The fraction of sp³-hybridized carbons (Fsp3) is 0.850. The van der Waals surface area contributed by atoms with Crippen molar-refractivity contribution in [2.24, 2.45) is 11.8 Å². The molecule has 1 saturated heterocycles. The van der Waals surface area contributed by atoms with E-state index < -0.39 is 18.2 Å². The van der Waals surface area contributed by atoms with E-state index in [2.05, 4.69) is 6.92 Å². The van der Waals surface area contributed by atoms with Crippen LogP contribution >= 0.6 is 0 Å². The Morgan fingerprint density at radius 3 is 2.74 bits per heavy atom. The number of alkyl halides is 1. The van der Waals surface area contributed by atoms with Gasteiger partial charge in [0.1, 0.15) is 11.9 Å². The van der Waals surface area contributed by atoms with Crippen molar-refractivity contribution < 1.29 is 58.8 Å². The van der Waals surface area contributed by atoms with E-state index in [0.717, 1.165) is 25.7 Å². The van der Waals surface area contributed by atoms with Gasteiger partial charge < -0.3 is 24.9 Å². The molecule has 0 aromatic carbocycles. The van der Waals surface area contributed by atoms with Gasteiger partial charge in [-0.2, -0.15) is 0 Å². The van der Waals surface area contributed by atoms with E-state index in [1.165, 1.54) is 0 Å². The Labute approximate surface area is 183 Å². The number of ether oxygens (including phenoxy) is 1. The summed E-state index contributed by atoms with van der Waals surface area (Å²) in [6.07, 6.45) is 5.46. The molecule has 2 N–H and O–H groups in total. The SMILES string of the molecule is CCCCC(O)CCC[C@@H]1[C@H]2[C@H](F)/C(=C/CCCC(=O)[O-])O[C@@H]2C[C@H]1O.[Na+]. The third-order valence-corrected chi connectivity index (χ3v) is 5.69. The largest absolute Gasteiger partial charge is 1.00 e. The van der Waals surface area contributed by atoms with Crippen LogP contribution in [0.1, 0.15) is 71.1 Å². The molecule has 5 nitrogen and oxygen atoms in total. The molecular weight excluding hydrogens is 362 g/mol.